The predicted octanol–water partition coefficient (Wildman–Crippen LogP) is 1.40. The molecule has 12 heteroatoms. The molecule has 2 amide bonds. The van der Waals surface area contributed by atoms with Crippen LogP contribution in [0.5, 0.6) is 0 Å². The lowest BCUT2D eigenvalue weighted by Gasteiger charge is -2.25. The molecule has 2 aromatic heterocycles. The number of nitrogens with zero attached hydrogens (tertiary/aromatic N) is 5. The largest absolute Gasteiger partial charge is 0.391 e. The molecule has 1 aliphatic carbocycles. The van der Waals surface area contributed by atoms with Gasteiger partial charge in [0.15, 0.2) is 0 Å². The van der Waals surface area contributed by atoms with E-state index in [1.807, 2.05) is 4.57 Å². The molecule has 3 heterocycles. The summed E-state index contributed by atoms with van der Waals surface area (Å²) in [7, 11) is 0.0347. The van der Waals surface area contributed by atoms with Gasteiger partial charge in [-0.15, -0.1) is 0 Å². The summed E-state index contributed by atoms with van der Waals surface area (Å²) in [5.74, 6) is 4.50. The van der Waals surface area contributed by atoms with Crippen molar-refractivity contribution in [3.05, 3.63) is 53.8 Å². The number of nitrogens with one attached hydrogen (secondary N) is 1. The summed E-state index contributed by atoms with van der Waals surface area (Å²) in [4.78, 5) is 30.8. The van der Waals surface area contributed by atoms with E-state index in [1.165, 1.54) is 12.1 Å². The summed E-state index contributed by atoms with van der Waals surface area (Å²) < 4.78 is 18.6. The van der Waals surface area contributed by atoms with Gasteiger partial charge in [0.2, 0.25) is 14.9 Å². The third-order valence-corrected chi connectivity index (χ3v) is 9.32. The van der Waals surface area contributed by atoms with Crippen LogP contribution in [0.2, 0.25) is 6.04 Å². The number of amides is 2. The summed E-state index contributed by atoms with van der Waals surface area (Å²) >= 11 is 0. The van der Waals surface area contributed by atoms with Crippen LogP contribution in [0.4, 0.5) is 10.2 Å². The Balaban J connectivity index is 1.53. The smallest absolute Gasteiger partial charge is 0.255 e. The van der Waals surface area contributed by atoms with Crippen molar-refractivity contribution in [3.8, 4) is 11.8 Å². The first-order chi connectivity index (χ1) is 17.7. The van der Waals surface area contributed by atoms with Crippen LogP contribution in [0.3, 0.4) is 0 Å². The zero-order chi connectivity index (χ0) is 26.4. The highest BCUT2D eigenvalue weighted by atomic mass is 28.3. The van der Waals surface area contributed by atoms with Crippen LogP contribution in [0, 0.1) is 17.7 Å². The maximum Gasteiger partial charge on any atom is 0.255 e. The van der Waals surface area contributed by atoms with Crippen molar-refractivity contribution < 1.29 is 19.1 Å². The summed E-state index contributed by atoms with van der Waals surface area (Å²) in [6.45, 7) is 5.18. The van der Waals surface area contributed by atoms with E-state index in [0.29, 0.717) is 29.6 Å². The molecule has 0 spiro atoms. The van der Waals surface area contributed by atoms with Crippen molar-refractivity contribution in [3.63, 3.8) is 0 Å². The number of rotatable bonds is 6. The van der Waals surface area contributed by atoms with Crippen molar-refractivity contribution >= 4 is 37.6 Å². The third-order valence-electron chi connectivity index (χ3n) is 6.80. The summed E-state index contributed by atoms with van der Waals surface area (Å²) in [5, 5.41) is 17.8. The molecule has 2 atom stereocenters. The number of halogens is 1. The molecule has 37 heavy (non-hydrogen) atoms. The van der Waals surface area contributed by atoms with Gasteiger partial charge in [0.25, 0.3) is 5.91 Å². The van der Waals surface area contributed by atoms with Crippen molar-refractivity contribution in [2.75, 3.05) is 18.5 Å². The summed E-state index contributed by atoms with van der Waals surface area (Å²) in [6, 6.07) is 3.48. The van der Waals surface area contributed by atoms with Crippen LogP contribution in [-0.4, -0.2) is 75.1 Å². The van der Waals surface area contributed by atoms with Gasteiger partial charge in [-0.3, -0.25) is 13.9 Å². The van der Waals surface area contributed by atoms with Crippen LogP contribution in [0.25, 0.3) is 11.0 Å². The molecule has 3 aromatic rings. The van der Waals surface area contributed by atoms with E-state index in [4.69, 9.17) is 5.73 Å². The number of carbonyl (C=O) groups is 2. The molecule has 2 fully saturated rings. The van der Waals surface area contributed by atoms with E-state index in [-0.39, 0.29) is 22.7 Å². The number of carbonyl (C=O) groups excluding carboxylic acids is 2. The van der Waals surface area contributed by atoms with Crippen molar-refractivity contribution in [1.82, 2.24) is 23.9 Å². The van der Waals surface area contributed by atoms with Crippen LogP contribution in [-0.2, 0) is 4.79 Å². The van der Waals surface area contributed by atoms with Gasteiger partial charge in [-0.25, -0.2) is 9.37 Å². The second kappa shape index (κ2) is 9.49. The average molecular weight is 521 g/mol. The fourth-order valence-electron chi connectivity index (χ4n) is 4.79. The normalized spacial score (nSPS) is 18.5. The van der Waals surface area contributed by atoms with Gasteiger partial charge in [0, 0.05) is 25.3 Å². The molecule has 1 radical (unpaired) electrons. The van der Waals surface area contributed by atoms with E-state index < -0.39 is 32.8 Å². The molecular weight excluding hydrogens is 493 g/mol. The van der Waals surface area contributed by atoms with E-state index in [2.05, 4.69) is 33.8 Å². The molecule has 10 nitrogen and oxygen atoms in total. The Morgan fingerprint density at radius 1 is 1.38 bits per heavy atom. The minimum absolute atomic E-state index is 0.0918. The molecular formula is C25H27FN7O3Si. The maximum absolute atomic E-state index is 15.0. The Morgan fingerprint density at radius 2 is 2.14 bits per heavy atom. The SMILES string of the molecule is C=CC(=O)N1C[Si](n2nc(C#Cc3cc4ncn(C5CC5)c4cc3F)c(C(N)=O)c2NC)C[C@@H]1[C@H](C)O. The van der Waals surface area contributed by atoms with E-state index in [9.17, 15) is 19.1 Å². The van der Waals surface area contributed by atoms with E-state index in [0.717, 1.165) is 18.4 Å². The fourth-order valence-corrected chi connectivity index (χ4v) is 7.83. The van der Waals surface area contributed by atoms with E-state index >= 15 is 0 Å². The quantitative estimate of drug-likeness (QED) is 0.256. The number of aromatic nitrogens is 4. The molecule has 0 unspecified atom stereocenters. The average Bonchev–Trinajstić information content (AvgIpc) is 3.31. The highest BCUT2D eigenvalue weighted by Crippen LogP contribution is 2.37. The molecule has 0 bridgehead atoms. The number of primary amides is 1. The minimum atomic E-state index is -1.60. The Kier molecular flexibility index (Phi) is 6.34. The molecule has 1 aliphatic heterocycles. The molecule has 2 aliphatic rings. The molecule has 4 N–H and O–H groups in total. The Morgan fingerprint density at radius 3 is 2.76 bits per heavy atom. The monoisotopic (exact) mass is 520 g/mol. The van der Waals surface area contributed by atoms with Crippen LogP contribution >= 0.6 is 0 Å². The number of fused-ring (bicyclic) bond motifs is 1. The van der Waals surface area contributed by atoms with Gasteiger partial charge in [-0.1, -0.05) is 12.5 Å². The number of benzene rings is 1. The summed E-state index contributed by atoms with van der Waals surface area (Å²) in [6.07, 6.45) is 4.64. The number of aliphatic hydroxyl groups is 1. The zero-order valence-corrected chi connectivity index (χ0v) is 21.5. The van der Waals surface area contributed by atoms with Crippen molar-refractivity contribution in [2.24, 2.45) is 5.73 Å². The van der Waals surface area contributed by atoms with Gasteiger partial charge in [-0.05, 0) is 43.9 Å². The number of nitrogens with two attached hydrogens (primary N) is 1. The standard InChI is InChI=1S/C25H27FN7O3Si/c1-4-22(35)32-13-37(11-21(32)14(2)34)33-25(28-3)23(24(27)36)18(30-33)8-5-15-9-19-20(10-17(15)26)31(12-29-19)16-6-7-16/h4,9-10,12,14,16,21,28,34H,1,6-7,11,13H2,2-3H3,(H2,27,36)/t14-,21+/m0/s1. The predicted molar refractivity (Wildman–Crippen MR) is 138 cm³/mol. The van der Waals surface area contributed by atoms with Crippen molar-refractivity contribution in [2.45, 2.75) is 44.0 Å². The third kappa shape index (κ3) is 4.40. The molecule has 1 saturated carbocycles. The van der Waals surface area contributed by atoms with Gasteiger partial charge < -0.3 is 25.6 Å². The second-order valence-corrected chi connectivity index (χ2v) is 11.6. The highest BCUT2D eigenvalue weighted by Gasteiger charge is 2.41. The van der Waals surface area contributed by atoms with E-state index in [1.54, 1.807) is 35.6 Å². The lowest BCUT2D eigenvalue weighted by atomic mass is 10.1. The number of anilines is 1. The lowest BCUT2D eigenvalue weighted by Crippen LogP contribution is -2.41. The first-order valence-electron chi connectivity index (χ1n) is 12.0. The first kappa shape index (κ1) is 24.7. The van der Waals surface area contributed by atoms with Gasteiger partial charge >= 0.3 is 0 Å². The van der Waals surface area contributed by atoms with Crippen molar-refractivity contribution in [1.29, 1.82) is 0 Å². The van der Waals surface area contributed by atoms with Crippen LogP contribution in [0.15, 0.2) is 31.1 Å². The Hall–Kier alpha value is -3.95. The maximum atomic E-state index is 15.0. The number of imidazole rings is 1. The molecule has 1 saturated heterocycles. The van der Waals surface area contributed by atoms with Gasteiger partial charge in [0.05, 0.1) is 35.1 Å². The lowest BCUT2D eigenvalue weighted by molar-refractivity contribution is -0.128. The highest BCUT2D eigenvalue weighted by molar-refractivity contribution is 6.59. The number of aliphatic hydroxyl groups excluding tert-OH is 1. The van der Waals surface area contributed by atoms with Crippen LogP contribution < -0.4 is 11.1 Å². The van der Waals surface area contributed by atoms with Gasteiger partial charge in [-0.2, -0.15) is 5.10 Å². The Labute approximate surface area is 214 Å². The zero-order valence-electron chi connectivity index (χ0n) is 20.5. The Bertz CT molecular complexity index is 1480. The topological polar surface area (TPSA) is 131 Å². The fraction of sp³-hybridized carbons (Fsp3) is 0.360. The molecule has 1 aromatic carbocycles. The second-order valence-electron chi connectivity index (χ2n) is 9.30. The van der Waals surface area contributed by atoms with Gasteiger partial charge in [0.1, 0.15) is 22.9 Å². The first-order valence-corrected chi connectivity index (χ1v) is 13.8. The number of hydrogen-bond donors (Lipinski definition) is 3. The molecule has 191 valence electrons. The number of hydrogen-bond acceptors (Lipinski definition) is 6. The van der Waals surface area contributed by atoms with Crippen LogP contribution in [0.1, 0.15) is 47.4 Å². The molecule has 5 rings (SSSR count). The minimum Gasteiger partial charge on any atom is -0.391 e. The summed E-state index contributed by atoms with van der Waals surface area (Å²) in [5.41, 5.74) is 7.39.